The molecule has 20 heavy (non-hydrogen) atoms. The van der Waals surface area contributed by atoms with Gasteiger partial charge in [0.15, 0.2) is 0 Å². The Hall–Kier alpha value is -0.610. The monoisotopic (exact) mass is 282 g/mol. The molecule has 2 N–H and O–H groups in total. The van der Waals surface area contributed by atoms with Crippen LogP contribution in [0.1, 0.15) is 52.9 Å². The Morgan fingerprint density at radius 2 is 1.95 bits per heavy atom. The first-order chi connectivity index (χ1) is 9.39. The van der Waals surface area contributed by atoms with Crippen molar-refractivity contribution in [1.29, 1.82) is 0 Å². The third kappa shape index (κ3) is 3.73. The molecule has 3 atom stereocenters. The van der Waals surface area contributed by atoms with Gasteiger partial charge in [-0.2, -0.15) is 0 Å². The van der Waals surface area contributed by atoms with Crippen molar-refractivity contribution in [2.75, 3.05) is 19.6 Å². The molecule has 1 heterocycles. The molecule has 1 aliphatic heterocycles. The summed E-state index contributed by atoms with van der Waals surface area (Å²) in [5.74, 6) is 0.104. The van der Waals surface area contributed by atoms with Crippen molar-refractivity contribution >= 4 is 5.97 Å². The molecule has 0 amide bonds. The average Bonchev–Trinajstić information content (AvgIpc) is 2.63. The SMILES string of the molecule is CC(C)(C)C1CCCC(N2CCNCC2C(=O)O)CC1. The van der Waals surface area contributed by atoms with Crippen LogP contribution < -0.4 is 5.32 Å². The van der Waals surface area contributed by atoms with E-state index in [1.54, 1.807) is 0 Å². The molecule has 0 spiro atoms. The maximum absolute atomic E-state index is 11.4. The fourth-order valence-electron chi connectivity index (χ4n) is 3.87. The van der Waals surface area contributed by atoms with E-state index in [1.807, 2.05) is 0 Å². The van der Waals surface area contributed by atoms with E-state index < -0.39 is 5.97 Å². The van der Waals surface area contributed by atoms with Crippen LogP contribution in [0, 0.1) is 11.3 Å². The molecule has 1 saturated carbocycles. The van der Waals surface area contributed by atoms with Crippen LogP contribution in [0.4, 0.5) is 0 Å². The fraction of sp³-hybridized carbons (Fsp3) is 0.938. The molecule has 2 rings (SSSR count). The molecule has 1 aliphatic carbocycles. The molecule has 3 unspecified atom stereocenters. The van der Waals surface area contributed by atoms with Gasteiger partial charge in [-0.05, 0) is 37.0 Å². The number of nitrogens with zero attached hydrogens (tertiary/aromatic N) is 1. The summed E-state index contributed by atoms with van der Waals surface area (Å²) in [4.78, 5) is 13.7. The zero-order chi connectivity index (χ0) is 14.8. The maximum Gasteiger partial charge on any atom is 0.322 e. The van der Waals surface area contributed by atoms with E-state index in [0.717, 1.165) is 31.8 Å². The standard InChI is InChI=1S/C16H30N2O2/c1-16(2,3)12-5-4-6-13(8-7-12)18-10-9-17-11-14(18)15(19)20/h12-14,17H,4-11H2,1-3H3,(H,19,20). The zero-order valence-corrected chi connectivity index (χ0v) is 13.2. The minimum atomic E-state index is -0.672. The van der Waals surface area contributed by atoms with Gasteiger partial charge in [-0.1, -0.05) is 27.2 Å². The van der Waals surface area contributed by atoms with Gasteiger partial charge in [0.05, 0.1) is 0 Å². The summed E-state index contributed by atoms with van der Waals surface area (Å²) in [5.41, 5.74) is 0.380. The third-order valence-corrected chi connectivity index (χ3v) is 5.20. The predicted octanol–water partition coefficient (Wildman–Crippen LogP) is 2.34. The van der Waals surface area contributed by atoms with Crippen LogP contribution in [0.5, 0.6) is 0 Å². The van der Waals surface area contributed by atoms with Crippen LogP contribution in [-0.4, -0.2) is 47.7 Å². The summed E-state index contributed by atoms with van der Waals surface area (Å²) in [7, 11) is 0. The largest absolute Gasteiger partial charge is 0.480 e. The maximum atomic E-state index is 11.4. The first-order valence-corrected chi connectivity index (χ1v) is 8.09. The molecule has 1 saturated heterocycles. The molecule has 4 nitrogen and oxygen atoms in total. The third-order valence-electron chi connectivity index (χ3n) is 5.20. The highest BCUT2D eigenvalue weighted by atomic mass is 16.4. The summed E-state index contributed by atoms with van der Waals surface area (Å²) in [6, 6.07) is 0.130. The number of carbonyl (C=O) groups is 1. The summed E-state index contributed by atoms with van der Waals surface area (Å²) in [6.45, 7) is 9.40. The quantitative estimate of drug-likeness (QED) is 0.763. The van der Waals surface area contributed by atoms with Gasteiger partial charge < -0.3 is 10.4 Å². The number of hydrogen-bond donors (Lipinski definition) is 2. The molecule has 2 aliphatic rings. The first kappa shape index (κ1) is 15.8. The lowest BCUT2D eigenvalue weighted by atomic mass is 9.76. The van der Waals surface area contributed by atoms with Gasteiger partial charge in [-0.25, -0.2) is 0 Å². The van der Waals surface area contributed by atoms with E-state index in [9.17, 15) is 9.90 Å². The van der Waals surface area contributed by atoms with Crippen molar-refractivity contribution in [3.05, 3.63) is 0 Å². The van der Waals surface area contributed by atoms with Crippen LogP contribution in [0.25, 0.3) is 0 Å². The van der Waals surface area contributed by atoms with Gasteiger partial charge in [-0.15, -0.1) is 0 Å². The summed E-state index contributed by atoms with van der Waals surface area (Å²) >= 11 is 0. The van der Waals surface area contributed by atoms with Crippen LogP contribution >= 0.6 is 0 Å². The summed E-state index contributed by atoms with van der Waals surface area (Å²) in [6.07, 6.45) is 6.10. The molecular weight excluding hydrogens is 252 g/mol. The van der Waals surface area contributed by atoms with Crippen LogP contribution in [0.15, 0.2) is 0 Å². The van der Waals surface area contributed by atoms with E-state index in [2.05, 4.69) is 31.0 Å². The van der Waals surface area contributed by atoms with Gasteiger partial charge in [-0.3, -0.25) is 9.69 Å². The van der Waals surface area contributed by atoms with Crippen molar-refractivity contribution in [2.24, 2.45) is 11.3 Å². The van der Waals surface area contributed by atoms with Crippen molar-refractivity contribution < 1.29 is 9.90 Å². The average molecular weight is 282 g/mol. The van der Waals surface area contributed by atoms with Crippen molar-refractivity contribution in [2.45, 2.75) is 65.0 Å². The van der Waals surface area contributed by atoms with Crippen LogP contribution in [-0.2, 0) is 4.79 Å². The van der Waals surface area contributed by atoms with E-state index in [-0.39, 0.29) is 6.04 Å². The molecule has 0 aromatic carbocycles. The number of carboxylic acids is 1. The second-order valence-electron chi connectivity index (χ2n) is 7.52. The topological polar surface area (TPSA) is 52.6 Å². The molecule has 2 fully saturated rings. The Bertz CT molecular complexity index is 338. The lowest BCUT2D eigenvalue weighted by Crippen LogP contribution is -2.58. The van der Waals surface area contributed by atoms with Gasteiger partial charge in [0.2, 0.25) is 0 Å². The minimum Gasteiger partial charge on any atom is -0.480 e. The summed E-state index contributed by atoms with van der Waals surface area (Å²) < 4.78 is 0. The van der Waals surface area contributed by atoms with E-state index >= 15 is 0 Å². The Labute approximate surface area is 122 Å². The lowest BCUT2D eigenvalue weighted by Gasteiger charge is -2.39. The van der Waals surface area contributed by atoms with Crippen LogP contribution in [0.3, 0.4) is 0 Å². The van der Waals surface area contributed by atoms with Crippen LogP contribution in [0.2, 0.25) is 0 Å². The normalized spacial score (nSPS) is 33.6. The molecule has 116 valence electrons. The Kier molecular flexibility index (Phi) is 5.08. The highest BCUT2D eigenvalue weighted by molar-refractivity contribution is 5.74. The number of piperazine rings is 1. The Balaban J connectivity index is 2.00. The molecule has 4 heteroatoms. The fourth-order valence-corrected chi connectivity index (χ4v) is 3.87. The molecule has 0 aromatic rings. The molecule has 0 radical (unpaired) electrons. The van der Waals surface area contributed by atoms with Crippen molar-refractivity contribution in [3.63, 3.8) is 0 Å². The van der Waals surface area contributed by atoms with E-state index in [0.29, 0.717) is 18.0 Å². The predicted molar refractivity (Wildman–Crippen MR) is 80.8 cm³/mol. The first-order valence-electron chi connectivity index (χ1n) is 8.09. The minimum absolute atomic E-state index is 0.333. The number of aliphatic carboxylic acids is 1. The molecular formula is C16H30N2O2. The highest BCUT2D eigenvalue weighted by Gasteiger charge is 2.35. The number of nitrogens with one attached hydrogen (secondary N) is 1. The number of carboxylic acid groups (broad SMARTS) is 1. The molecule has 0 aromatic heterocycles. The van der Waals surface area contributed by atoms with Gasteiger partial charge in [0.25, 0.3) is 0 Å². The Morgan fingerprint density at radius 3 is 2.60 bits per heavy atom. The zero-order valence-electron chi connectivity index (χ0n) is 13.2. The second kappa shape index (κ2) is 6.44. The van der Waals surface area contributed by atoms with E-state index in [1.165, 1.54) is 19.3 Å². The van der Waals surface area contributed by atoms with Gasteiger partial charge in [0.1, 0.15) is 6.04 Å². The Morgan fingerprint density at radius 1 is 1.20 bits per heavy atom. The van der Waals surface area contributed by atoms with Crippen molar-refractivity contribution in [1.82, 2.24) is 10.2 Å². The number of hydrogen-bond acceptors (Lipinski definition) is 3. The smallest absolute Gasteiger partial charge is 0.322 e. The second-order valence-corrected chi connectivity index (χ2v) is 7.52. The summed E-state index contributed by atoms with van der Waals surface area (Å²) in [5, 5.41) is 12.6. The molecule has 0 bridgehead atoms. The van der Waals surface area contributed by atoms with Crippen molar-refractivity contribution in [3.8, 4) is 0 Å². The number of rotatable bonds is 2. The van der Waals surface area contributed by atoms with Gasteiger partial charge in [0, 0.05) is 25.7 Å². The lowest BCUT2D eigenvalue weighted by molar-refractivity contribution is -0.145. The highest BCUT2D eigenvalue weighted by Crippen LogP contribution is 2.38. The van der Waals surface area contributed by atoms with E-state index in [4.69, 9.17) is 0 Å². The van der Waals surface area contributed by atoms with Gasteiger partial charge >= 0.3 is 5.97 Å².